The van der Waals surface area contributed by atoms with Crippen molar-refractivity contribution in [3.63, 3.8) is 0 Å². The van der Waals surface area contributed by atoms with Crippen molar-refractivity contribution >= 4 is 11.6 Å². The number of anilines is 1. The summed E-state index contributed by atoms with van der Waals surface area (Å²) in [6.07, 6.45) is 4.35. The van der Waals surface area contributed by atoms with Crippen LogP contribution in [0.1, 0.15) is 29.8 Å². The van der Waals surface area contributed by atoms with Crippen molar-refractivity contribution in [3.05, 3.63) is 11.9 Å². The minimum Gasteiger partial charge on any atom is -0.396 e. The SMILES string of the molecule is Cn1ncc(N)c1C(=O)N1CCCCC1CO. The predicted octanol–water partition coefficient (Wildman–Crippen LogP) is -0.0107. The average Bonchev–Trinajstić information content (AvgIpc) is 2.68. The molecule has 6 heteroatoms. The molecule has 0 radical (unpaired) electrons. The van der Waals surface area contributed by atoms with Crippen molar-refractivity contribution in [3.8, 4) is 0 Å². The van der Waals surface area contributed by atoms with Crippen molar-refractivity contribution in [2.24, 2.45) is 7.05 Å². The van der Waals surface area contributed by atoms with Crippen LogP contribution >= 0.6 is 0 Å². The average molecular weight is 238 g/mol. The molecule has 0 spiro atoms. The minimum absolute atomic E-state index is 0.00347. The van der Waals surface area contributed by atoms with Crippen molar-refractivity contribution < 1.29 is 9.90 Å². The lowest BCUT2D eigenvalue weighted by molar-refractivity contribution is 0.0493. The van der Waals surface area contributed by atoms with Gasteiger partial charge in [0.25, 0.3) is 5.91 Å². The summed E-state index contributed by atoms with van der Waals surface area (Å²) in [5.74, 6) is -0.138. The van der Waals surface area contributed by atoms with Gasteiger partial charge in [-0.3, -0.25) is 9.48 Å². The Morgan fingerprint density at radius 2 is 2.41 bits per heavy atom. The number of likely N-dealkylation sites (tertiary alicyclic amines) is 1. The molecular formula is C11H18N4O2. The Morgan fingerprint density at radius 1 is 1.65 bits per heavy atom. The summed E-state index contributed by atoms with van der Waals surface area (Å²) in [6, 6.07) is -0.0921. The molecule has 0 bridgehead atoms. The van der Waals surface area contributed by atoms with Gasteiger partial charge in [-0.2, -0.15) is 5.10 Å². The molecule has 17 heavy (non-hydrogen) atoms. The highest BCUT2D eigenvalue weighted by Crippen LogP contribution is 2.21. The molecule has 2 rings (SSSR count). The summed E-state index contributed by atoms with van der Waals surface area (Å²) in [7, 11) is 1.70. The van der Waals surface area contributed by atoms with Crippen LogP contribution in [0.25, 0.3) is 0 Å². The molecule has 1 fully saturated rings. The smallest absolute Gasteiger partial charge is 0.274 e. The molecule has 2 heterocycles. The van der Waals surface area contributed by atoms with Gasteiger partial charge in [-0.25, -0.2) is 0 Å². The Hall–Kier alpha value is -1.56. The number of aryl methyl sites for hydroxylation is 1. The van der Waals surface area contributed by atoms with Gasteiger partial charge >= 0.3 is 0 Å². The van der Waals surface area contributed by atoms with Gasteiger partial charge in [0.1, 0.15) is 5.69 Å². The molecule has 1 amide bonds. The second-order valence-electron chi connectivity index (χ2n) is 4.40. The number of aliphatic hydroxyl groups excluding tert-OH is 1. The van der Waals surface area contributed by atoms with Gasteiger partial charge in [-0.05, 0) is 19.3 Å². The van der Waals surface area contributed by atoms with E-state index in [1.165, 1.54) is 10.9 Å². The Labute approximate surface area is 100 Å². The summed E-state index contributed by atoms with van der Waals surface area (Å²) in [4.78, 5) is 14.1. The van der Waals surface area contributed by atoms with E-state index in [2.05, 4.69) is 5.10 Å². The third-order valence-electron chi connectivity index (χ3n) is 3.27. The monoisotopic (exact) mass is 238 g/mol. The maximum Gasteiger partial charge on any atom is 0.274 e. The molecule has 1 aromatic heterocycles. The molecule has 0 aliphatic carbocycles. The Kier molecular flexibility index (Phi) is 3.33. The standard InChI is InChI=1S/C11H18N4O2/c1-14-10(9(12)6-13-14)11(17)15-5-3-2-4-8(15)7-16/h6,8,16H,2-5,7,12H2,1H3. The van der Waals surface area contributed by atoms with E-state index in [1.54, 1.807) is 11.9 Å². The summed E-state index contributed by atoms with van der Waals surface area (Å²) in [5, 5.41) is 13.3. The van der Waals surface area contributed by atoms with E-state index in [9.17, 15) is 9.90 Å². The van der Waals surface area contributed by atoms with Gasteiger partial charge in [0.15, 0.2) is 0 Å². The fourth-order valence-corrected chi connectivity index (χ4v) is 2.31. The highest BCUT2D eigenvalue weighted by molar-refractivity contribution is 5.97. The highest BCUT2D eigenvalue weighted by Gasteiger charge is 2.29. The van der Waals surface area contributed by atoms with Crippen LogP contribution < -0.4 is 5.73 Å². The maximum atomic E-state index is 12.3. The fraction of sp³-hybridized carbons (Fsp3) is 0.636. The van der Waals surface area contributed by atoms with Crippen molar-refractivity contribution in [1.82, 2.24) is 14.7 Å². The number of nitrogens with two attached hydrogens (primary N) is 1. The number of aromatic nitrogens is 2. The number of carbonyl (C=O) groups is 1. The molecule has 0 aromatic carbocycles. The van der Waals surface area contributed by atoms with Crippen molar-refractivity contribution in [1.29, 1.82) is 0 Å². The number of carbonyl (C=O) groups excluding carboxylic acids is 1. The molecule has 1 atom stereocenters. The van der Waals surface area contributed by atoms with Gasteiger partial charge < -0.3 is 15.7 Å². The molecule has 6 nitrogen and oxygen atoms in total. The van der Waals surface area contributed by atoms with E-state index in [0.29, 0.717) is 17.9 Å². The normalized spacial score (nSPS) is 20.6. The Balaban J connectivity index is 2.24. The Morgan fingerprint density at radius 3 is 3.00 bits per heavy atom. The predicted molar refractivity (Wildman–Crippen MR) is 63.4 cm³/mol. The zero-order valence-corrected chi connectivity index (χ0v) is 9.96. The second kappa shape index (κ2) is 4.75. The lowest BCUT2D eigenvalue weighted by Gasteiger charge is -2.34. The number of nitrogens with zero attached hydrogens (tertiary/aromatic N) is 3. The minimum atomic E-state index is -0.138. The molecule has 1 aliphatic rings. The van der Waals surface area contributed by atoms with Gasteiger partial charge in [-0.15, -0.1) is 0 Å². The zero-order valence-electron chi connectivity index (χ0n) is 9.96. The number of nitrogen functional groups attached to an aromatic ring is 1. The molecule has 0 saturated carbocycles. The van der Waals surface area contributed by atoms with E-state index < -0.39 is 0 Å². The summed E-state index contributed by atoms with van der Waals surface area (Å²) >= 11 is 0. The van der Waals surface area contributed by atoms with E-state index >= 15 is 0 Å². The van der Waals surface area contributed by atoms with Gasteiger partial charge in [0, 0.05) is 13.6 Å². The zero-order chi connectivity index (χ0) is 12.4. The molecular weight excluding hydrogens is 220 g/mol. The van der Waals surface area contributed by atoms with Crippen LogP contribution in [-0.4, -0.2) is 44.9 Å². The van der Waals surface area contributed by atoms with Crippen LogP contribution in [0, 0.1) is 0 Å². The Bertz CT molecular complexity index is 396. The van der Waals surface area contributed by atoms with Crippen LogP contribution in [0.2, 0.25) is 0 Å². The topological polar surface area (TPSA) is 84.4 Å². The van der Waals surface area contributed by atoms with E-state index in [4.69, 9.17) is 5.73 Å². The highest BCUT2D eigenvalue weighted by atomic mass is 16.3. The van der Waals surface area contributed by atoms with E-state index in [-0.39, 0.29) is 18.6 Å². The number of hydrogen-bond acceptors (Lipinski definition) is 4. The molecule has 3 N–H and O–H groups in total. The van der Waals surface area contributed by atoms with E-state index in [1.807, 2.05) is 0 Å². The summed E-state index contributed by atoms with van der Waals surface area (Å²) < 4.78 is 1.49. The maximum absolute atomic E-state index is 12.3. The number of amides is 1. The van der Waals surface area contributed by atoms with Gasteiger partial charge in [0.2, 0.25) is 0 Å². The van der Waals surface area contributed by atoms with Gasteiger partial charge in [-0.1, -0.05) is 0 Å². The number of piperidine rings is 1. The molecule has 1 aromatic rings. The van der Waals surface area contributed by atoms with Crippen LogP contribution in [-0.2, 0) is 7.05 Å². The first kappa shape index (κ1) is 11.9. The van der Waals surface area contributed by atoms with E-state index in [0.717, 1.165) is 19.3 Å². The van der Waals surface area contributed by atoms with Crippen LogP contribution in [0.5, 0.6) is 0 Å². The number of aliphatic hydroxyl groups is 1. The first-order valence-corrected chi connectivity index (χ1v) is 5.84. The van der Waals surface area contributed by atoms with Crippen LogP contribution in [0.15, 0.2) is 6.20 Å². The lowest BCUT2D eigenvalue weighted by atomic mass is 10.0. The lowest BCUT2D eigenvalue weighted by Crippen LogP contribution is -2.46. The summed E-state index contributed by atoms with van der Waals surface area (Å²) in [6.45, 7) is 0.679. The molecule has 1 unspecified atom stereocenters. The number of rotatable bonds is 2. The van der Waals surface area contributed by atoms with Gasteiger partial charge in [0.05, 0.1) is 24.5 Å². The third kappa shape index (κ3) is 2.12. The number of hydrogen-bond donors (Lipinski definition) is 2. The first-order valence-electron chi connectivity index (χ1n) is 5.84. The molecule has 1 aliphatic heterocycles. The fourth-order valence-electron chi connectivity index (χ4n) is 2.31. The largest absolute Gasteiger partial charge is 0.396 e. The third-order valence-corrected chi connectivity index (χ3v) is 3.27. The summed E-state index contributed by atoms with van der Waals surface area (Å²) in [5.41, 5.74) is 6.54. The van der Waals surface area contributed by atoms with Crippen molar-refractivity contribution in [2.75, 3.05) is 18.9 Å². The quantitative estimate of drug-likeness (QED) is 0.759. The van der Waals surface area contributed by atoms with Crippen LogP contribution in [0.4, 0.5) is 5.69 Å². The molecule has 94 valence electrons. The second-order valence-corrected chi connectivity index (χ2v) is 4.40. The molecule has 1 saturated heterocycles. The van der Waals surface area contributed by atoms with Crippen molar-refractivity contribution in [2.45, 2.75) is 25.3 Å². The van der Waals surface area contributed by atoms with Crippen LogP contribution in [0.3, 0.4) is 0 Å². The first-order chi connectivity index (χ1) is 8.15.